The Morgan fingerprint density at radius 2 is 1.56 bits per heavy atom. The molecule has 0 saturated carbocycles. The molecule has 2 rings (SSSR count). The van der Waals surface area contributed by atoms with Gasteiger partial charge in [0, 0.05) is 45.5 Å². The lowest BCUT2D eigenvalue weighted by atomic mass is 9.96. The van der Waals surface area contributed by atoms with E-state index in [1.165, 1.54) is 18.2 Å². The third kappa shape index (κ3) is 8.19. The van der Waals surface area contributed by atoms with Gasteiger partial charge in [0.05, 0.1) is 4.92 Å². The van der Waals surface area contributed by atoms with Crippen LogP contribution in [-0.4, -0.2) is 72.1 Å². The van der Waals surface area contributed by atoms with Crippen molar-refractivity contribution in [2.45, 2.75) is 58.3 Å². The topological polar surface area (TPSA) is 199 Å². The quantitative estimate of drug-likeness (QED) is 0.216. The number of nitrogens with one attached hydrogen (secondary N) is 2. The van der Waals surface area contributed by atoms with Gasteiger partial charge in [-0.05, 0) is 6.07 Å². The maximum Gasteiger partial charge on any atom is 0.319 e. The first-order valence-corrected chi connectivity index (χ1v) is 10.5. The number of non-ortho nitro benzene ring substituents is 1. The molecular weight excluding hydrogens is 486 g/mol. The number of carbonyl (C=O) groups is 5. The van der Waals surface area contributed by atoms with Gasteiger partial charge in [-0.15, -0.1) is 0 Å². The van der Waals surface area contributed by atoms with Crippen LogP contribution in [0, 0.1) is 10.1 Å². The largest absolute Gasteiger partial charge is 0.463 e. The van der Waals surface area contributed by atoms with E-state index in [0.29, 0.717) is 0 Å². The van der Waals surface area contributed by atoms with Crippen molar-refractivity contribution in [2.24, 2.45) is 0 Å². The van der Waals surface area contributed by atoms with Gasteiger partial charge in [0.1, 0.15) is 18.8 Å². The van der Waals surface area contributed by atoms with Gasteiger partial charge in [-0.2, -0.15) is 0 Å². The molecule has 1 aromatic carbocycles. The van der Waals surface area contributed by atoms with Crippen LogP contribution in [0.3, 0.4) is 0 Å². The smallest absolute Gasteiger partial charge is 0.319 e. The van der Waals surface area contributed by atoms with Gasteiger partial charge in [0.2, 0.25) is 6.29 Å². The van der Waals surface area contributed by atoms with Gasteiger partial charge < -0.3 is 34.3 Å². The number of carbonyl (C=O) groups excluding carboxylic acids is 5. The molecule has 1 aromatic rings. The summed E-state index contributed by atoms with van der Waals surface area (Å²) in [6, 6.07) is 2.68. The molecule has 0 aromatic heterocycles. The van der Waals surface area contributed by atoms with E-state index in [1.807, 2.05) is 0 Å². The number of nitro benzene ring substituents is 1. The van der Waals surface area contributed by atoms with Gasteiger partial charge in [-0.1, -0.05) is 6.07 Å². The molecule has 1 aliphatic heterocycles. The predicted octanol–water partition coefficient (Wildman–Crippen LogP) is 0.799. The summed E-state index contributed by atoms with van der Waals surface area (Å²) in [4.78, 5) is 69.8. The van der Waals surface area contributed by atoms with Gasteiger partial charge in [0.25, 0.3) is 5.69 Å². The zero-order valence-electron chi connectivity index (χ0n) is 19.7. The minimum atomic E-state index is -1.57. The monoisotopic (exact) mass is 511 g/mol. The fourth-order valence-electron chi connectivity index (χ4n) is 3.34. The molecule has 15 heteroatoms. The number of urea groups is 1. The average Bonchev–Trinajstić information content (AvgIpc) is 2.75. The summed E-state index contributed by atoms with van der Waals surface area (Å²) < 4.78 is 26.3. The van der Waals surface area contributed by atoms with E-state index in [2.05, 4.69) is 10.6 Å². The minimum absolute atomic E-state index is 0.0516. The number of rotatable bonds is 8. The van der Waals surface area contributed by atoms with Crippen molar-refractivity contribution in [3.05, 3.63) is 34.4 Å². The Kier molecular flexibility index (Phi) is 9.66. The fourth-order valence-corrected chi connectivity index (χ4v) is 3.34. The van der Waals surface area contributed by atoms with Crippen LogP contribution >= 0.6 is 0 Å². The van der Waals surface area contributed by atoms with E-state index in [1.54, 1.807) is 0 Å². The zero-order valence-corrected chi connectivity index (χ0v) is 19.7. The van der Waals surface area contributed by atoms with Crippen molar-refractivity contribution in [3.8, 4) is 0 Å². The maximum absolute atomic E-state index is 12.7. The molecule has 36 heavy (non-hydrogen) atoms. The lowest BCUT2D eigenvalue weighted by Crippen LogP contribution is -2.67. The number of amides is 2. The van der Waals surface area contributed by atoms with Crippen molar-refractivity contribution in [1.82, 2.24) is 5.32 Å². The minimum Gasteiger partial charge on any atom is -0.463 e. The first kappa shape index (κ1) is 28.0. The fraction of sp³-hybridized carbons (Fsp3) is 0.476. The molecule has 2 amide bonds. The second kappa shape index (κ2) is 12.4. The summed E-state index contributed by atoms with van der Waals surface area (Å²) >= 11 is 0. The second-order valence-corrected chi connectivity index (χ2v) is 7.53. The Balaban J connectivity index is 2.39. The molecule has 5 unspecified atom stereocenters. The highest BCUT2D eigenvalue weighted by atomic mass is 16.7. The van der Waals surface area contributed by atoms with Gasteiger partial charge >= 0.3 is 29.9 Å². The van der Waals surface area contributed by atoms with E-state index in [9.17, 15) is 34.1 Å². The van der Waals surface area contributed by atoms with Crippen molar-refractivity contribution in [1.29, 1.82) is 0 Å². The van der Waals surface area contributed by atoms with Crippen LogP contribution in [0.2, 0.25) is 0 Å². The number of anilines is 1. The summed E-state index contributed by atoms with van der Waals surface area (Å²) in [6.45, 7) is 3.85. The van der Waals surface area contributed by atoms with E-state index in [4.69, 9.17) is 23.7 Å². The van der Waals surface area contributed by atoms with Gasteiger partial charge in [-0.25, -0.2) is 4.79 Å². The number of ether oxygens (including phenoxy) is 5. The summed E-state index contributed by atoms with van der Waals surface area (Å²) in [5.41, 5.74) is -0.233. The second-order valence-electron chi connectivity index (χ2n) is 7.53. The molecule has 1 fully saturated rings. The molecule has 1 saturated heterocycles. The number of hydrogen-bond acceptors (Lipinski definition) is 12. The number of nitro groups is 1. The lowest BCUT2D eigenvalue weighted by molar-refractivity contribution is -0.384. The number of nitrogens with zero attached hydrogens (tertiary/aromatic N) is 1. The molecule has 0 bridgehead atoms. The highest BCUT2D eigenvalue weighted by molar-refractivity contribution is 5.90. The standard InChI is InChI=1S/C21H25N3O12/c1-10(25)32-9-16-18(33-11(2)26)19(34-12(3)27)17(20(36-16)35-13(4)28)23-21(29)22-14-6-5-7-15(8-14)24(30)31/h5-8,16-20H,9H2,1-4H3,(H2,22,23,29). The Labute approximate surface area is 204 Å². The van der Waals surface area contributed by atoms with Crippen LogP contribution in [0.1, 0.15) is 27.7 Å². The molecule has 5 atom stereocenters. The summed E-state index contributed by atoms with van der Waals surface area (Å²) in [5, 5.41) is 15.8. The van der Waals surface area contributed by atoms with E-state index < -0.39 is 72.1 Å². The molecule has 1 aliphatic rings. The number of benzene rings is 1. The van der Waals surface area contributed by atoms with Crippen LogP contribution in [-0.2, 0) is 42.9 Å². The summed E-state index contributed by atoms with van der Waals surface area (Å²) in [6.07, 6.45) is -5.67. The molecule has 1 heterocycles. The van der Waals surface area contributed by atoms with Crippen LogP contribution in [0.25, 0.3) is 0 Å². The highest BCUT2D eigenvalue weighted by Crippen LogP contribution is 2.28. The van der Waals surface area contributed by atoms with Crippen molar-refractivity contribution >= 4 is 41.3 Å². The Morgan fingerprint density at radius 3 is 2.11 bits per heavy atom. The normalized spacial score (nSPS) is 22.9. The van der Waals surface area contributed by atoms with Crippen molar-refractivity contribution < 1.29 is 52.6 Å². The molecule has 2 N–H and O–H groups in total. The van der Waals surface area contributed by atoms with Crippen LogP contribution in [0.5, 0.6) is 0 Å². The van der Waals surface area contributed by atoms with E-state index >= 15 is 0 Å². The van der Waals surface area contributed by atoms with Crippen LogP contribution in [0.4, 0.5) is 16.2 Å². The highest BCUT2D eigenvalue weighted by Gasteiger charge is 2.52. The van der Waals surface area contributed by atoms with Gasteiger partial charge in [0.15, 0.2) is 12.2 Å². The molecule has 0 radical (unpaired) electrons. The van der Waals surface area contributed by atoms with Crippen LogP contribution in [0.15, 0.2) is 24.3 Å². The Hall–Kier alpha value is -4.27. The summed E-state index contributed by atoms with van der Waals surface area (Å²) in [7, 11) is 0. The first-order valence-electron chi connectivity index (χ1n) is 10.5. The molecule has 196 valence electrons. The molecule has 0 aliphatic carbocycles. The Morgan fingerprint density at radius 1 is 0.944 bits per heavy atom. The van der Waals surface area contributed by atoms with Crippen molar-refractivity contribution in [3.63, 3.8) is 0 Å². The third-order valence-corrected chi connectivity index (χ3v) is 4.60. The van der Waals surface area contributed by atoms with E-state index in [0.717, 1.165) is 33.8 Å². The average molecular weight is 511 g/mol. The number of hydrogen-bond donors (Lipinski definition) is 2. The predicted molar refractivity (Wildman–Crippen MR) is 117 cm³/mol. The third-order valence-electron chi connectivity index (χ3n) is 4.60. The van der Waals surface area contributed by atoms with Crippen LogP contribution < -0.4 is 10.6 Å². The molecule has 15 nitrogen and oxygen atoms in total. The van der Waals surface area contributed by atoms with Crippen molar-refractivity contribution in [2.75, 3.05) is 11.9 Å². The first-order chi connectivity index (χ1) is 16.9. The SMILES string of the molecule is CC(=O)OCC1OC(OC(C)=O)C(NC(=O)Nc2cccc([N+](=O)[O-])c2)C(OC(C)=O)C1OC(C)=O. The summed E-state index contributed by atoms with van der Waals surface area (Å²) in [5.74, 6) is -3.16. The van der Waals surface area contributed by atoms with E-state index in [-0.39, 0.29) is 11.4 Å². The van der Waals surface area contributed by atoms with Gasteiger partial charge in [-0.3, -0.25) is 29.3 Å². The molecular formula is C21H25N3O12. The lowest BCUT2D eigenvalue weighted by Gasteiger charge is -2.44. The Bertz CT molecular complexity index is 1030. The molecule has 0 spiro atoms. The number of esters is 4. The maximum atomic E-state index is 12.7. The zero-order chi connectivity index (χ0) is 27.0.